The predicted octanol–water partition coefficient (Wildman–Crippen LogP) is 3.19. The van der Waals surface area contributed by atoms with Crippen LogP contribution >= 0.6 is 0 Å². The van der Waals surface area contributed by atoms with Gasteiger partial charge < -0.3 is 15.0 Å². The highest BCUT2D eigenvalue weighted by molar-refractivity contribution is 7.91. The molecule has 3 aliphatic heterocycles. The van der Waals surface area contributed by atoms with Crippen molar-refractivity contribution < 1.29 is 40.7 Å². The Labute approximate surface area is 371 Å². The number of hydrogen-bond donors (Lipinski definition) is 2. The number of hydrogen-bond acceptors (Lipinski definition) is 12. The molecule has 1 aromatic carbocycles. The number of aryl methyl sites for hydroxylation is 1. The number of aromatic nitrogens is 7. The van der Waals surface area contributed by atoms with Crippen molar-refractivity contribution in [1.82, 2.24) is 43.7 Å². The molecule has 5 aromatic rings. The normalized spacial score (nSPS) is 24.0. The standard InChI is InChI=1S/C43H48F3N11O7S/c1-52-38-27(4-2-6-32(38)57(43(52)61)33-11-12-36(58)50-42(33)60)5-3-19-64-34-13-15-53(24-30(34)44)23-26-7-9-28(10-8-26)56-25-31(37(51-56)39(45)46)48-41(59)29-22-47-55-16-14-35(49-40(29)55)54-17-20-65(62,63)21-18-54/h2,4,6,14,16,22,25-26,28,30,33-34,39H,7-13,15,17-21,23-24H2,1H3,(H,48,59)(H,50,58,60)/t26-,28-,30-,33?,34+/m1/s1. The van der Waals surface area contributed by atoms with Crippen LogP contribution in [0.3, 0.4) is 0 Å². The van der Waals surface area contributed by atoms with Gasteiger partial charge in [0.25, 0.3) is 12.3 Å². The average Bonchev–Trinajstić information content (AvgIpc) is 3.97. The number of likely N-dealkylation sites (tertiary alicyclic amines) is 1. The van der Waals surface area contributed by atoms with Crippen molar-refractivity contribution in [3.05, 3.63) is 70.2 Å². The lowest BCUT2D eigenvalue weighted by atomic mass is 9.85. The van der Waals surface area contributed by atoms with Gasteiger partial charge in [0.2, 0.25) is 11.8 Å². The maximum Gasteiger partial charge on any atom is 0.329 e. The Kier molecular flexibility index (Phi) is 12.3. The SMILES string of the molecule is Cn1c(=O)n(C2CCC(=O)NC2=O)c2cccc(C#CCO[C@H]3CCN(C[C@H]4CC[C@H](n5cc(NC(=O)c6cnn7ccc(N8CCS(=O)(=O)CC8)nc67)c(C(F)F)n5)CC4)C[C@H]3F)c21. The molecule has 1 saturated carbocycles. The van der Waals surface area contributed by atoms with Gasteiger partial charge in [-0.2, -0.15) is 10.2 Å². The van der Waals surface area contributed by atoms with E-state index >= 15 is 4.39 Å². The van der Waals surface area contributed by atoms with Crippen LogP contribution in [0.1, 0.15) is 85.1 Å². The third kappa shape index (κ3) is 9.13. The summed E-state index contributed by atoms with van der Waals surface area (Å²) in [7, 11) is -1.52. The molecule has 0 spiro atoms. The Morgan fingerprint density at radius 2 is 1.83 bits per heavy atom. The number of amides is 3. The number of nitrogens with one attached hydrogen (secondary N) is 2. The first kappa shape index (κ1) is 44.2. The smallest absolute Gasteiger partial charge is 0.329 e. The molecule has 65 heavy (non-hydrogen) atoms. The van der Waals surface area contributed by atoms with Crippen molar-refractivity contribution in [1.29, 1.82) is 0 Å². The molecule has 3 atom stereocenters. The van der Waals surface area contributed by atoms with Crippen molar-refractivity contribution in [2.24, 2.45) is 13.0 Å². The second kappa shape index (κ2) is 18.1. The summed E-state index contributed by atoms with van der Waals surface area (Å²) in [6.07, 6.45) is 3.28. The summed E-state index contributed by atoms with van der Waals surface area (Å²) in [6, 6.07) is 5.93. The van der Waals surface area contributed by atoms with Gasteiger partial charge in [-0.05, 0) is 62.6 Å². The van der Waals surface area contributed by atoms with E-state index in [1.165, 1.54) is 30.7 Å². The van der Waals surface area contributed by atoms with Crippen molar-refractivity contribution in [3.63, 3.8) is 0 Å². The minimum absolute atomic E-state index is 0.00872. The number of imide groups is 1. The molecule has 3 amide bonds. The minimum atomic E-state index is -3.12. The van der Waals surface area contributed by atoms with Gasteiger partial charge in [-0.1, -0.05) is 17.9 Å². The molecule has 4 aromatic heterocycles. The van der Waals surface area contributed by atoms with E-state index in [0.29, 0.717) is 54.8 Å². The number of imidazole rings is 1. The quantitative estimate of drug-likeness (QED) is 0.154. The largest absolute Gasteiger partial charge is 0.362 e. The zero-order valence-electron chi connectivity index (χ0n) is 35.5. The van der Waals surface area contributed by atoms with E-state index in [2.05, 4.69) is 42.6 Å². The molecule has 9 rings (SSSR count). The molecule has 0 bridgehead atoms. The van der Waals surface area contributed by atoms with Gasteiger partial charge in [0.05, 0.1) is 52.1 Å². The molecular formula is C43H48F3N11O7S. The third-order valence-corrected chi connectivity index (χ3v) is 14.6. The number of benzene rings is 1. The number of carbonyl (C=O) groups excluding carboxylic acids is 3. The van der Waals surface area contributed by atoms with Crippen LogP contribution in [-0.2, 0) is 31.2 Å². The molecule has 0 radical (unpaired) electrons. The molecular weight excluding hydrogens is 872 g/mol. The van der Waals surface area contributed by atoms with Gasteiger partial charge in [0.1, 0.15) is 30.2 Å². The molecule has 1 aliphatic carbocycles. The zero-order chi connectivity index (χ0) is 45.6. The number of fused-ring (bicyclic) bond motifs is 2. The fourth-order valence-electron chi connectivity index (χ4n) is 9.48. The molecule has 18 nitrogen and oxygen atoms in total. The molecule has 4 fully saturated rings. The van der Waals surface area contributed by atoms with Crippen molar-refractivity contribution in [3.8, 4) is 11.8 Å². The molecule has 2 N–H and O–H groups in total. The Hall–Kier alpha value is -6.05. The van der Waals surface area contributed by atoms with E-state index < -0.39 is 57.8 Å². The topological polar surface area (TPSA) is 200 Å². The van der Waals surface area contributed by atoms with Crippen LogP contribution < -0.4 is 21.2 Å². The second-order valence-corrected chi connectivity index (χ2v) is 19.5. The molecule has 22 heteroatoms. The summed E-state index contributed by atoms with van der Waals surface area (Å²) in [5, 5.41) is 13.3. The highest BCUT2D eigenvalue weighted by Crippen LogP contribution is 2.36. The molecule has 1 unspecified atom stereocenters. The number of sulfone groups is 1. The number of anilines is 2. The lowest BCUT2D eigenvalue weighted by Gasteiger charge is -2.38. The Morgan fingerprint density at radius 3 is 2.57 bits per heavy atom. The summed E-state index contributed by atoms with van der Waals surface area (Å²) in [5.41, 5.74) is 0.826. The third-order valence-electron chi connectivity index (χ3n) is 13.0. The Morgan fingerprint density at radius 1 is 1.05 bits per heavy atom. The van der Waals surface area contributed by atoms with Crippen LogP contribution in [0.2, 0.25) is 0 Å². The maximum absolute atomic E-state index is 15.5. The van der Waals surface area contributed by atoms with Crippen LogP contribution in [0.4, 0.5) is 24.7 Å². The number of nitrogens with zero attached hydrogens (tertiary/aromatic N) is 9. The summed E-state index contributed by atoms with van der Waals surface area (Å²) < 4.78 is 79.5. The molecule has 3 saturated heterocycles. The van der Waals surface area contributed by atoms with E-state index in [0.717, 1.165) is 12.8 Å². The number of carbonyl (C=O) groups is 3. The first-order valence-corrected chi connectivity index (χ1v) is 23.5. The molecule has 4 aliphatic rings. The van der Waals surface area contributed by atoms with Crippen LogP contribution in [0.5, 0.6) is 0 Å². The molecule has 7 heterocycles. The van der Waals surface area contributed by atoms with E-state index in [4.69, 9.17) is 4.74 Å². The van der Waals surface area contributed by atoms with Gasteiger partial charge in [-0.25, -0.2) is 35.9 Å². The van der Waals surface area contributed by atoms with Crippen molar-refractivity contribution in [2.45, 2.75) is 75.7 Å². The summed E-state index contributed by atoms with van der Waals surface area (Å²) in [4.78, 5) is 59.5. The zero-order valence-corrected chi connectivity index (χ0v) is 36.4. The number of para-hydroxylation sites is 1. The van der Waals surface area contributed by atoms with Crippen LogP contribution in [-0.4, -0.2) is 128 Å². The van der Waals surface area contributed by atoms with Crippen LogP contribution in [0, 0.1) is 17.8 Å². The van der Waals surface area contributed by atoms with Crippen molar-refractivity contribution >= 4 is 55.7 Å². The first-order valence-electron chi connectivity index (χ1n) is 21.7. The number of piperidine rings is 2. The van der Waals surface area contributed by atoms with Gasteiger partial charge >= 0.3 is 5.69 Å². The van der Waals surface area contributed by atoms with Crippen molar-refractivity contribution in [2.75, 3.05) is 61.1 Å². The van der Waals surface area contributed by atoms with Crippen LogP contribution in [0.25, 0.3) is 16.7 Å². The highest BCUT2D eigenvalue weighted by atomic mass is 32.2. The second-order valence-electron chi connectivity index (χ2n) is 17.2. The number of alkyl halides is 3. The predicted molar refractivity (Wildman–Crippen MR) is 231 cm³/mol. The van der Waals surface area contributed by atoms with Gasteiger partial charge in [0, 0.05) is 58.6 Å². The minimum Gasteiger partial charge on any atom is -0.362 e. The maximum atomic E-state index is 15.5. The lowest BCUT2D eigenvalue weighted by molar-refractivity contribution is -0.135. The highest BCUT2D eigenvalue weighted by Gasteiger charge is 2.34. The number of ether oxygens (including phenoxy) is 1. The van der Waals surface area contributed by atoms with E-state index in [1.54, 1.807) is 37.5 Å². The lowest BCUT2D eigenvalue weighted by Crippen LogP contribution is -2.47. The summed E-state index contributed by atoms with van der Waals surface area (Å²) >= 11 is 0. The fourth-order valence-corrected chi connectivity index (χ4v) is 10.7. The van der Waals surface area contributed by atoms with Crippen LogP contribution in [0.15, 0.2) is 47.7 Å². The molecule has 344 valence electrons. The first-order chi connectivity index (χ1) is 31.2. The summed E-state index contributed by atoms with van der Waals surface area (Å²) in [5.74, 6) is 5.17. The van der Waals surface area contributed by atoms with E-state index in [-0.39, 0.29) is 85.4 Å². The van der Waals surface area contributed by atoms with E-state index in [1.807, 2.05) is 4.90 Å². The summed E-state index contributed by atoms with van der Waals surface area (Å²) in [6.45, 7) is 2.03. The average molecular weight is 920 g/mol. The Bertz CT molecular complexity index is 2880. The Balaban J connectivity index is 0.762. The number of rotatable bonds is 10. The fraction of sp³-hybridized carbons (Fsp3) is 0.512. The van der Waals surface area contributed by atoms with Gasteiger partial charge in [-0.15, -0.1) is 0 Å². The van der Waals surface area contributed by atoms with E-state index in [9.17, 15) is 36.4 Å². The van der Waals surface area contributed by atoms with Gasteiger partial charge in [0.15, 0.2) is 21.2 Å². The number of halogens is 3. The monoisotopic (exact) mass is 919 g/mol. The van der Waals surface area contributed by atoms with Gasteiger partial charge in [-0.3, -0.25) is 38.4 Å².